The zero-order valence-corrected chi connectivity index (χ0v) is 8.68. The van der Waals surface area contributed by atoms with Crippen LogP contribution < -0.4 is 5.73 Å². The molecule has 0 radical (unpaired) electrons. The van der Waals surface area contributed by atoms with E-state index in [2.05, 4.69) is 10.1 Å². The molecule has 0 aliphatic heterocycles. The lowest BCUT2D eigenvalue weighted by atomic mass is 10.4. The topological polar surface area (TPSA) is 69.9 Å². The summed E-state index contributed by atoms with van der Waals surface area (Å²) in [5.41, 5.74) is 6.43. The van der Waals surface area contributed by atoms with E-state index in [1.807, 2.05) is 29.8 Å². The van der Waals surface area contributed by atoms with E-state index in [4.69, 9.17) is 10.3 Å². The third-order valence-electron chi connectivity index (χ3n) is 2.20. The van der Waals surface area contributed by atoms with Gasteiger partial charge < -0.3 is 14.8 Å². The van der Waals surface area contributed by atoms with Gasteiger partial charge in [0.25, 0.3) is 5.89 Å². The quantitative estimate of drug-likeness (QED) is 0.812. The summed E-state index contributed by atoms with van der Waals surface area (Å²) in [6.07, 6.45) is 2.74. The molecule has 2 aromatic heterocycles. The van der Waals surface area contributed by atoms with Crippen molar-refractivity contribution in [3.8, 4) is 11.6 Å². The van der Waals surface area contributed by atoms with Gasteiger partial charge >= 0.3 is 0 Å². The summed E-state index contributed by atoms with van der Waals surface area (Å²) in [4.78, 5) is 4.27. The van der Waals surface area contributed by atoms with Crippen LogP contribution in [0.3, 0.4) is 0 Å². The number of rotatable bonds is 4. The van der Waals surface area contributed by atoms with E-state index in [-0.39, 0.29) is 0 Å². The summed E-state index contributed by atoms with van der Waals surface area (Å²) in [6, 6.07) is 3.89. The van der Waals surface area contributed by atoms with Gasteiger partial charge in [-0.25, -0.2) is 0 Å². The molecule has 2 aromatic rings. The van der Waals surface area contributed by atoms with Crippen LogP contribution in [-0.2, 0) is 13.0 Å². The standard InChI is InChI=1S/C10H14N4O/c1-2-9-12-10(15-13-9)8-4-3-6-14(8)7-5-11/h3-4,6H,2,5,7,11H2,1H3. The SMILES string of the molecule is CCc1noc(-c2cccn2CCN)n1. The first-order valence-corrected chi connectivity index (χ1v) is 5.03. The van der Waals surface area contributed by atoms with Gasteiger partial charge in [0.2, 0.25) is 0 Å². The Kier molecular flexibility index (Phi) is 2.82. The minimum Gasteiger partial charge on any atom is -0.342 e. The van der Waals surface area contributed by atoms with Gasteiger partial charge in [0.15, 0.2) is 5.82 Å². The van der Waals surface area contributed by atoms with Crippen molar-refractivity contribution in [3.05, 3.63) is 24.2 Å². The lowest BCUT2D eigenvalue weighted by molar-refractivity contribution is 0.420. The number of nitrogens with two attached hydrogens (primary N) is 1. The van der Waals surface area contributed by atoms with Gasteiger partial charge in [-0.15, -0.1) is 0 Å². The molecule has 0 aliphatic rings. The molecule has 0 aromatic carbocycles. The van der Waals surface area contributed by atoms with Crippen molar-refractivity contribution in [2.75, 3.05) is 6.54 Å². The molecule has 0 amide bonds. The first-order chi connectivity index (χ1) is 7.35. The fourth-order valence-corrected chi connectivity index (χ4v) is 1.44. The zero-order chi connectivity index (χ0) is 10.7. The van der Waals surface area contributed by atoms with Crippen LogP contribution in [0.5, 0.6) is 0 Å². The second-order valence-electron chi connectivity index (χ2n) is 3.24. The van der Waals surface area contributed by atoms with Crippen molar-refractivity contribution in [1.29, 1.82) is 0 Å². The molecule has 2 N–H and O–H groups in total. The number of aryl methyl sites for hydroxylation is 1. The van der Waals surface area contributed by atoms with Gasteiger partial charge in [0.05, 0.1) is 0 Å². The molecule has 0 unspecified atom stereocenters. The van der Waals surface area contributed by atoms with E-state index in [0.29, 0.717) is 12.4 Å². The van der Waals surface area contributed by atoms with Crippen molar-refractivity contribution in [3.63, 3.8) is 0 Å². The maximum atomic E-state index is 5.51. The summed E-state index contributed by atoms with van der Waals surface area (Å²) in [5, 5.41) is 3.86. The van der Waals surface area contributed by atoms with Crippen molar-refractivity contribution in [2.45, 2.75) is 19.9 Å². The van der Waals surface area contributed by atoms with Gasteiger partial charge in [-0.3, -0.25) is 0 Å². The molecule has 0 spiro atoms. The molecular weight excluding hydrogens is 192 g/mol. The third-order valence-corrected chi connectivity index (χ3v) is 2.20. The van der Waals surface area contributed by atoms with Crippen LogP contribution in [0, 0.1) is 0 Å². The average Bonchev–Trinajstić information content (AvgIpc) is 2.85. The summed E-state index contributed by atoms with van der Waals surface area (Å²) < 4.78 is 7.17. The Bertz CT molecular complexity index is 432. The number of hydrogen-bond acceptors (Lipinski definition) is 4. The highest BCUT2D eigenvalue weighted by Crippen LogP contribution is 2.17. The molecule has 0 saturated heterocycles. The maximum Gasteiger partial charge on any atom is 0.274 e. The first-order valence-electron chi connectivity index (χ1n) is 5.03. The third kappa shape index (κ3) is 1.92. The second kappa shape index (κ2) is 4.27. The van der Waals surface area contributed by atoms with Crippen LogP contribution in [0.15, 0.2) is 22.9 Å². The fourth-order valence-electron chi connectivity index (χ4n) is 1.44. The van der Waals surface area contributed by atoms with Crippen molar-refractivity contribution < 1.29 is 4.52 Å². The molecule has 5 heteroatoms. The molecule has 5 nitrogen and oxygen atoms in total. The van der Waals surface area contributed by atoms with Crippen LogP contribution in [0.25, 0.3) is 11.6 Å². The molecule has 80 valence electrons. The smallest absolute Gasteiger partial charge is 0.274 e. The van der Waals surface area contributed by atoms with Crippen molar-refractivity contribution in [1.82, 2.24) is 14.7 Å². The Morgan fingerprint density at radius 3 is 3.07 bits per heavy atom. The predicted molar refractivity (Wildman–Crippen MR) is 56.2 cm³/mol. The first kappa shape index (κ1) is 9.92. The Hall–Kier alpha value is -1.62. The predicted octanol–water partition coefficient (Wildman–Crippen LogP) is 1.06. The molecule has 2 heterocycles. The van der Waals surface area contributed by atoms with E-state index in [1.54, 1.807) is 0 Å². The van der Waals surface area contributed by atoms with Gasteiger partial charge in [0, 0.05) is 25.7 Å². The van der Waals surface area contributed by atoms with E-state index in [0.717, 1.165) is 24.5 Å². The Morgan fingerprint density at radius 2 is 2.40 bits per heavy atom. The minimum atomic E-state index is 0.560. The summed E-state index contributed by atoms with van der Waals surface area (Å²) in [6.45, 7) is 3.34. The summed E-state index contributed by atoms with van der Waals surface area (Å²) in [7, 11) is 0. The monoisotopic (exact) mass is 206 g/mol. The van der Waals surface area contributed by atoms with Gasteiger partial charge in [-0.2, -0.15) is 4.98 Å². The zero-order valence-electron chi connectivity index (χ0n) is 8.68. The molecule has 2 rings (SSSR count). The van der Waals surface area contributed by atoms with E-state index >= 15 is 0 Å². The minimum absolute atomic E-state index is 0.560. The average molecular weight is 206 g/mol. The molecule has 0 fully saturated rings. The molecular formula is C10H14N4O. The van der Waals surface area contributed by atoms with E-state index in [1.165, 1.54) is 0 Å². The number of nitrogens with zero attached hydrogens (tertiary/aromatic N) is 3. The molecule has 0 aliphatic carbocycles. The Morgan fingerprint density at radius 1 is 1.53 bits per heavy atom. The van der Waals surface area contributed by atoms with E-state index < -0.39 is 0 Å². The molecule has 0 saturated carbocycles. The van der Waals surface area contributed by atoms with Crippen molar-refractivity contribution in [2.24, 2.45) is 5.73 Å². The highest BCUT2D eigenvalue weighted by molar-refractivity contribution is 5.47. The lowest BCUT2D eigenvalue weighted by Crippen LogP contribution is -2.09. The van der Waals surface area contributed by atoms with Crippen LogP contribution in [-0.4, -0.2) is 21.3 Å². The van der Waals surface area contributed by atoms with Gasteiger partial charge in [0.1, 0.15) is 5.69 Å². The number of aromatic nitrogens is 3. The maximum absolute atomic E-state index is 5.51. The molecule has 0 atom stereocenters. The van der Waals surface area contributed by atoms with Crippen LogP contribution in [0.1, 0.15) is 12.7 Å². The van der Waals surface area contributed by atoms with Crippen molar-refractivity contribution >= 4 is 0 Å². The van der Waals surface area contributed by atoms with Crippen LogP contribution in [0.4, 0.5) is 0 Å². The summed E-state index contributed by atoms with van der Waals surface area (Å²) in [5.74, 6) is 1.29. The fraction of sp³-hybridized carbons (Fsp3) is 0.400. The normalized spacial score (nSPS) is 10.8. The molecule has 0 bridgehead atoms. The summed E-state index contributed by atoms with van der Waals surface area (Å²) >= 11 is 0. The Labute approximate surface area is 87.9 Å². The highest BCUT2D eigenvalue weighted by atomic mass is 16.5. The second-order valence-corrected chi connectivity index (χ2v) is 3.24. The number of hydrogen-bond donors (Lipinski definition) is 1. The largest absolute Gasteiger partial charge is 0.342 e. The Balaban J connectivity index is 2.31. The van der Waals surface area contributed by atoms with Crippen LogP contribution in [0.2, 0.25) is 0 Å². The highest BCUT2D eigenvalue weighted by Gasteiger charge is 2.10. The van der Waals surface area contributed by atoms with E-state index in [9.17, 15) is 0 Å². The van der Waals surface area contributed by atoms with Gasteiger partial charge in [-0.1, -0.05) is 12.1 Å². The van der Waals surface area contributed by atoms with Gasteiger partial charge in [-0.05, 0) is 12.1 Å². The lowest BCUT2D eigenvalue weighted by Gasteiger charge is -2.02. The van der Waals surface area contributed by atoms with Crippen LogP contribution >= 0.6 is 0 Å². The molecule has 15 heavy (non-hydrogen) atoms.